The van der Waals surface area contributed by atoms with Crippen molar-refractivity contribution in [3.63, 3.8) is 0 Å². The normalized spacial score (nSPS) is 22.3. The average molecular weight is 379 g/mol. The fourth-order valence-corrected chi connectivity index (χ4v) is 4.15. The third kappa shape index (κ3) is 5.52. The van der Waals surface area contributed by atoms with Gasteiger partial charge in [-0.25, -0.2) is 4.39 Å². The van der Waals surface area contributed by atoms with E-state index in [9.17, 15) is 9.18 Å². The fourth-order valence-electron chi connectivity index (χ4n) is 4.15. The summed E-state index contributed by atoms with van der Waals surface area (Å²) in [5.41, 5.74) is 1.69. The highest BCUT2D eigenvalue weighted by molar-refractivity contribution is 5.77. The number of ether oxygens (including phenoxy) is 1. The van der Waals surface area contributed by atoms with Gasteiger partial charge in [0.15, 0.2) is 0 Å². The number of methoxy groups -OCH3 is 1. The number of piperazine rings is 1. The SMILES string of the molecule is COCCN1C(C)CN(C(=O)CC(c2ccc(F)c(C)c2)C(C)C)CC1C. The van der Waals surface area contributed by atoms with Gasteiger partial charge in [0.25, 0.3) is 0 Å². The summed E-state index contributed by atoms with van der Waals surface area (Å²) in [5.74, 6) is 0.425. The topological polar surface area (TPSA) is 32.8 Å². The summed E-state index contributed by atoms with van der Waals surface area (Å²) in [6, 6.07) is 5.87. The molecule has 0 saturated carbocycles. The number of carbonyl (C=O) groups excluding carboxylic acids is 1. The van der Waals surface area contributed by atoms with E-state index in [1.54, 1.807) is 14.0 Å². The molecule has 2 rings (SSSR count). The van der Waals surface area contributed by atoms with E-state index in [-0.39, 0.29) is 17.6 Å². The molecule has 4 nitrogen and oxygen atoms in total. The average Bonchev–Trinajstić information content (AvgIpc) is 2.61. The number of halogens is 1. The predicted octanol–water partition coefficient (Wildman–Crippen LogP) is 3.83. The van der Waals surface area contributed by atoms with Crippen molar-refractivity contribution < 1.29 is 13.9 Å². The van der Waals surface area contributed by atoms with Crippen molar-refractivity contribution in [2.24, 2.45) is 5.92 Å². The Hall–Kier alpha value is -1.46. The van der Waals surface area contributed by atoms with Gasteiger partial charge >= 0.3 is 0 Å². The van der Waals surface area contributed by atoms with Gasteiger partial charge in [0, 0.05) is 45.2 Å². The largest absolute Gasteiger partial charge is 0.383 e. The van der Waals surface area contributed by atoms with Crippen molar-refractivity contribution in [3.8, 4) is 0 Å². The standard InChI is InChI=1S/C22H35FN2O2/c1-15(2)20(19-7-8-21(23)16(3)11-19)12-22(26)24-13-17(4)25(9-10-27-6)18(5)14-24/h7-8,11,15,17-18,20H,9-10,12-14H2,1-6H3. The van der Waals surface area contributed by atoms with E-state index in [4.69, 9.17) is 4.74 Å². The molecule has 1 heterocycles. The molecular weight excluding hydrogens is 343 g/mol. The number of hydrogen-bond acceptors (Lipinski definition) is 3. The van der Waals surface area contributed by atoms with Crippen molar-refractivity contribution in [2.45, 2.75) is 59.0 Å². The molecule has 1 saturated heterocycles. The molecule has 0 N–H and O–H groups in total. The van der Waals surface area contributed by atoms with Crippen LogP contribution in [0.4, 0.5) is 4.39 Å². The lowest BCUT2D eigenvalue weighted by Crippen LogP contribution is -2.58. The first kappa shape index (κ1) is 21.8. The summed E-state index contributed by atoms with van der Waals surface area (Å²) >= 11 is 0. The molecule has 3 atom stereocenters. The Kier molecular flexibility index (Phi) is 7.80. The molecular formula is C22H35FN2O2. The van der Waals surface area contributed by atoms with Crippen LogP contribution in [0.2, 0.25) is 0 Å². The van der Waals surface area contributed by atoms with Crippen molar-refractivity contribution in [2.75, 3.05) is 33.4 Å². The maximum absolute atomic E-state index is 13.6. The van der Waals surface area contributed by atoms with Crippen LogP contribution in [-0.2, 0) is 9.53 Å². The molecule has 152 valence electrons. The molecule has 0 aliphatic carbocycles. The van der Waals surface area contributed by atoms with Crippen molar-refractivity contribution in [1.29, 1.82) is 0 Å². The first-order chi connectivity index (χ1) is 12.7. The number of amides is 1. The number of benzene rings is 1. The molecule has 0 spiro atoms. The van der Waals surface area contributed by atoms with Crippen LogP contribution in [0.3, 0.4) is 0 Å². The third-order valence-electron chi connectivity index (χ3n) is 5.82. The van der Waals surface area contributed by atoms with Crippen LogP contribution in [0.25, 0.3) is 0 Å². The Morgan fingerprint density at radius 2 is 1.89 bits per heavy atom. The monoisotopic (exact) mass is 378 g/mol. The summed E-state index contributed by atoms with van der Waals surface area (Å²) in [4.78, 5) is 17.5. The smallest absolute Gasteiger partial charge is 0.223 e. The maximum Gasteiger partial charge on any atom is 0.223 e. The third-order valence-corrected chi connectivity index (χ3v) is 5.82. The molecule has 5 heteroatoms. The van der Waals surface area contributed by atoms with Crippen molar-refractivity contribution >= 4 is 5.91 Å². The Labute approximate surface area is 163 Å². The number of rotatable bonds is 7. The van der Waals surface area contributed by atoms with Gasteiger partial charge in [0.2, 0.25) is 5.91 Å². The molecule has 0 radical (unpaired) electrons. The van der Waals surface area contributed by atoms with Gasteiger partial charge in [-0.05, 0) is 49.8 Å². The summed E-state index contributed by atoms with van der Waals surface area (Å²) < 4.78 is 18.9. The van der Waals surface area contributed by atoms with Gasteiger partial charge < -0.3 is 9.64 Å². The van der Waals surface area contributed by atoms with E-state index in [1.807, 2.05) is 17.0 Å². The second-order valence-corrected chi connectivity index (χ2v) is 8.29. The van der Waals surface area contributed by atoms with Gasteiger partial charge in [-0.2, -0.15) is 0 Å². The molecule has 0 aromatic heterocycles. The zero-order valence-electron chi connectivity index (χ0n) is 17.7. The fraction of sp³-hybridized carbons (Fsp3) is 0.682. The number of hydrogen-bond donors (Lipinski definition) is 0. The zero-order valence-corrected chi connectivity index (χ0v) is 17.7. The number of nitrogens with zero attached hydrogens (tertiary/aromatic N) is 2. The number of aryl methyl sites for hydroxylation is 1. The second kappa shape index (κ2) is 9.65. The van der Waals surface area contributed by atoms with E-state index in [0.717, 1.165) is 25.2 Å². The van der Waals surface area contributed by atoms with Crippen LogP contribution in [-0.4, -0.2) is 61.1 Å². The molecule has 0 bridgehead atoms. The summed E-state index contributed by atoms with van der Waals surface area (Å²) in [5, 5.41) is 0. The lowest BCUT2D eigenvalue weighted by Gasteiger charge is -2.44. The van der Waals surface area contributed by atoms with E-state index in [1.165, 1.54) is 6.07 Å². The van der Waals surface area contributed by atoms with E-state index in [2.05, 4.69) is 32.6 Å². The van der Waals surface area contributed by atoms with Gasteiger partial charge in [0.05, 0.1) is 6.61 Å². The molecule has 1 aliphatic rings. The molecule has 1 amide bonds. The molecule has 1 fully saturated rings. The van der Waals surface area contributed by atoms with Crippen LogP contribution in [0.5, 0.6) is 0 Å². The summed E-state index contributed by atoms with van der Waals surface area (Å²) in [6.45, 7) is 13.5. The minimum atomic E-state index is -0.192. The highest BCUT2D eigenvalue weighted by Crippen LogP contribution is 2.30. The van der Waals surface area contributed by atoms with E-state index >= 15 is 0 Å². The minimum absolute atomic E-state index is 0.105. The maximum atomic E-state index is 13.6. The Morgan fingerprint density at radius 1 is 1.26 bits per heavy atom. The first-order valence-electron chi connectivity index (χ1n) is 10.0. The quantitative estimate of drug-likeness (QED) is 0.723. The molecule has 27 heavy (non-hydrogen) atoms. The van der Waals surface area contributed by atoms with Crippen LogP contribution in [0.1, 0.15) is 51.2 Å². The lowest BCUT2D eigenvalue weighted by atomic mass is 9.84. The van der Waals surface area contributed by atoms with Gasteiger partial charge in [-0.3, -0.25) is 9.69 Å². The Bertz CT molecular complexity index is 623. The van der Waals surface area contributed by atoms with Crippen LogP contribution in [0.15, 0.2) is 18.2 Å². The Morgan fingerprint density at radius 3 is 2.41 bits per heavy atom. The van der Waals surface area contributed by atoms with E-state index < -0.39 is 0 Å². The molecule has 1 aliphatic heterocycles. The molecule has 3 unspecified atom stereocenters. The Balaban J connectivity index is 2.06. The van der Waals surface area contributed by atoms with Gasteiger partial charge in [-0.15, -0.1) is 0 Å². The highest BCUT2D eigenvalue weighted by atomic mass is 19.1. The zero-order chi connectivity index (χ0) is 20.1. The highest BCUT2D eigenvalue weighted by Gasteiger charge is 2.32. The van der Waals surface area contributed by atoms with Crippen LogP contribution in [0, 0.1) is 18.7 Å². The summed E-state index contributed by atoms with van der Waals surface area (Å²) in [6.07, 6.45) is 0.472. The molecule has 1 aromatic carbocycles. The lowest BCUT2D eigenvalue weighted by molar-refractivity contribution is -0.136. The first-order valence-corrected chi connectivity index (χ1v) is 10.0. The van der Waals surface area contributed by atoms with Crippen molar-refractivity contribution in [1.82, 2.24) is 9.80 Å². The molecule has 1 aromatic rings. The predicted molar refractivity (Wildman–Crippen MR) is 107 cm³/mol. The van der Waals surface area contributed by atoms with Crippen molar-refractivity contribution in [3.05, 3.63) is 35.1 Å². The van der Waals surface area contributed by atoms with Gasteiger partial charge in [-0.1, -0.05) is 26.0 Å². The number of carbonyl (C=O) groups is 1. The minimum Gasteiger partial charge on any atom is -0.383 e. The van der Waals surface area contributed by atoms with Gasteiger partial charge in [0.1, 0.15) is 5.82 Å². The second-order valence-electron chi connectivity index (χ2n) is 8.29. The van der Waals surface area contributed by atoms with Crippen LogP contribution < -0.4 is 0 Å². The summed E-state index contributed by atoms with van der Waals surface area (Å²) in [7, 11) is 1.72. The van der Waals surface area contributed by atoms with Crippen LogP contribution >= 0.6 is 0 Å². The van der Waals surface area contributed by atoms with E-state index in [0.29, 0.717) is 36.6 Å².